The number of hydrogen-bond acceptors (Lipinski definition) is 1. The first kappa shape index (κ1) is 15.9. The first-order valence-corrected chi connectivity index (χ1v) is 6.38. The van der Waals surface area contributed by atoms with Crippen molar-refractivity contribution in [3.05, 3.63) is 34.9 Å². The summed E-state index contributed by atoms with van der Waals surface area (Å²) < 4.78 is 0. The van der Waals surface area contributed by atoms with E-state index in [2.05, 4.69) is 32.9 Å². The Morgan fingerprint density at radius 1 is 0.824 bits per heavy atom. The molecular weight excluding hydrogens is 208 g/mol. The Morgan fingerprint density at radius 3 is 1.88 bits per heavy atom. The van der Waals surface area contributed by atoms with Crippen LogP contribution in [-0.4, -0.2) is 5.78 Å². The first-order valence-electron chi connectivity index (χ1n) is 6.38. The highest BCUT2D eigenvalue weighted by Gasteiger charge is 1.93. The fourth-order valence-electron chi connectivity index (χ4n) is 1.66. The number of rotatable bonds is 7. The predicted octanol–water partition coefficient (Wildman–Crippen LogP) is 4.99. The molecule has 0 fully saturated rings. The zero-order valence-electron chi connectivity index (χ0n) is 12.0. The van der Waals surface area contributed by atoms with Crippen LogP contribution in [0.4, 0.5) is 0 Å². The minimum atomic E-state index is 0.145. The minimum Gasteiger partial charge on any atom is -0.295 e. The van der Waals surface area contributed by atoms with E-state index in [-0.39, 0.29) is 5.78 Å². The van der Waals surface area contributed by atoms with Crippen LogP contribution in [0, 0.1) is 0 Å². The van der Waals surface area contributed by atoms with Crippen LogP contribution in [0.1, 0.15) is 60.3 Å². The van der Waals surface area contributed by atoms with E-state index in [1.807, 2.05) is 6.92 Å². The predicted molar refractivity (Wildman–Crippen MR) is 76.1 cm³/mol. The largest absolute Gasteiger partial charge is 0.295 e. The summed E-state index contributed by atoms with van der Waals surface area (Å²) in [5.41, 5.74) is 4.00. The van der Waals surface area contributed by atoms with Gasteiger partial charge in [0.2, 0.25) is 0 Å². The molecule has 0 rings (SSSR count). The van der Waals surface area contributed by atoms with Gasteiger partial charge in [0.25, 0.3) is 0 Å². The zero-order valence-corrected chi connectivity index (χ0v) is 12.0. The number of hydrogen-bond donors (Lipinski definition) is 0. The van der Waals surface area contributed by atoms with E-state index in [1.165, 1.54) is 16.7 Å². The highest BCUT2D eigenvalue weighted by atomic mass is 16.1. The second-order valence-corrected chi connectivity index (χ2v) is 5.01. The topological polar surface area (TPSA) is 17.1 Å². The van der Waals surface area contributed by atoms with Crippen molar-refractivity contribution in [1.82, 2.24) is 0 Å². The van der Waals surface area contributed by atoms with Gasteiger partial charge >= 0.3 is 0 Å². The lowest BCUT2D eigenvalue weighted by atomic mass is 10.1. The Hall–Kier alpha value is -1.11. The molecule has 0 aromatic carbocycles. The molecular formula is C16H26O. The fraction of sp³-hybridized carbons (Fsp3) is 0.562. The Kier molecular flexibility index (Phi) is 8.39. The highest BCUT2D eigenvalue weighted by Crippen LogP contribution is 2.11. The van der Waals surface area contributed by atoms with Gasteiger partial charge in [-0.05, 0) is 66.4 Å². The molecule has 1 heteroatoms. The molecule has 0 aliphatic rings. The van der Waals surface area contributed by atoms with Gasteiger partial charge in [0.1, 0.15) is 0 Å². The van der Waals surface area contributed by atoms with Crippen molar-refractivity contribution in [2.75, 3.05) is 0 Å². The van der Waals surface area contributed by atoms with Crippen LogP contribution in [0.2, 0.25) is 0 Å². The summed E-state index contributed by atoms with van der Waals surface area (Å²) in [7, 11) is 0. The van der Waals surface area contributed by atoms with Gasteiger partial charge in [0, 0.05) is 0 Å². The smallest absolute Gasteiger partial charge is 0.152 e. The second-order valence-electron chi connectivity index (χ2n) is 5.01. The standard InChI is InChI=1S/C16H26O/c1-13(2)8-6-9-14(3)10-7-11-15(4)12-16(5)17/h8,10,12H,6-7,9,11H2,1-5H3/b14-10+,15-12+. The van der Waals surface area contributed by atoms with Gasteiger partial charge in [0.15, 0.2) is 5.78 Å². The maximum Gasteiger partial charge on any atom is 0.152 e. The quantitative estimate of drug-likeness (QED) is 0.448. The molecule has 0 aromatic rings. The maximum atomic E-state index is 10.9. The fourth-order valence-corrected chi connectivity index (χ4v) is 1.66. The molecule has 17 heavy (non-hydrogen) atoms. The number of carbonyl (C=O) groups excluding carboxylic acids is 1. The van der Waals surface area contributed by atoms with E-state index in [4.69, 9.17) is 0 Å². The van der Waals surface area contributed by atoms with Crippen molar-refractivity contribution in [2.24, 2.45) is 0 Å². The minimum absolute atomic E-state index is 0.145. The van der Waals surface area contributed by atoms with Crippen LogP contribution in [0.25, 0.3) is 0 Å². The molecule has 0 heterocycles. The Labute approximate surface area is 106 Å². The molecule has 0 spiro atoms. The summed E-state index contributed by atoms with van der Waals surface area (Å²) in [6.45, 7) is 10.1. The Bertz CT molecular complexity index is 325. The molecule has 0 atom stereocenters. The Balaban J connectivity index is 3.92. The van der Waals surface area contributed by atoms with Crippen LogP contribution in [0.15, 0.2) is 34.9 Å². The molecule has 0 N–H and O–H groups in total. The normalized spacial score (nSPS) is 12.5. The number of ketones is 1. The summed E-state index contributed by atoms with van der Waals surface area (Å²) in [4.78, 5) is 10.9. The molecule has 0 bridgehead atoms. The van der Waals surface area contributed by atoms with E-state index in [0.29, 0.717) is 0 Å². The molecule has 1 nitrogen and oxygen atoms in total. The summed E-state index contributed by atoms with van der Waals surface area (Å²) in [5.74, 6) is 0.145. The van der Waals surface area contributed by atoms with E-state index < -0.39 is 0 Å². The molecule has 0 amide bonds. The van der Waals surface area contributed by atoms with E-state index in [0.717, 1.165) is 25.7 Å². The molecule has 0 aliphatic heterocycles. The third kappa shape index (κ3) is 11.2. The molecule has 0 aromatic heterocycles. The van der Waals surface area contributed by atoms with Crippen molar-refractivity contribution in [2.45, 2.75) is 60.3 Å². The maximum absolute atomic E-state index is 10.9. The van der Waals surface area contributed by atoms with Gasteiger partial charge in [-0.2, -0.15) is 0 Å². The van der Waals surface area contributed by atoms with Crippen molar-refractivity contribution < 1.29 is 4.79 Å². The third-order valence-electron chi connectivity index (χ3n) is 2.57. The van der Waals surface area contributed by atoms with Gasteiger partial charge in [-0.3, -0.25) is 4.79 Å². The molecule has 0 unspecified atom stereocenters. The van der Waals surface area contributed by atoms with Crippen LogP contribution < -0.4 is 0 Å². The SMILES string of the molecule is CC(=O)/C=C(\C)CC/C=C(\C)CCC=C(C)C. The van der Waals surface area contributed by atoms with Crippen LogP contribution in [0.3, 0.4) is 0 Å². The number of allylic oxidation sites excluding steroid dienone is 6. The van der Waals surface area contributed by atoms with E-state index in [1.54, 1.807) is 13.0 Å². The van der Waals surface area contributed by atoms with Crippen LogP contribution in [0.5, 0.6) is 0 Å². The zero-order chi connectivity index (χ0) is 13.3. The molecule has 0 saturated heterocycles. The summed E-state index contributed by atoms with van der Waals surface area (Å²) in [5, 5.41) is 0. The second kappa shape index (κ2) is 8.98. The number of carbonyl (C=O) groups is 1. The van der Waals surface area contributed by atoms with Crippen molar-refractivity contribution in [1.29, 1.82) is 0 Å². The van der Waals surface area contributed by atoms with Crippen molar-refractivity contribution in [3.63, 3.8) is 0 Å². The lowest BCUT2D eigenvalue weighted by molar-refractivity contribution is -0.112. The third-order valence-corrected chi connectivity index (χ3v) is 2.57. The van der Waals surface area contributed by atoms with Crippen molar-refractivity contribution in [3.8, 4) is 0 Å². The van der Waals surface area contributed by atoms with E-state index >= 15 is 0 Å². The van der Waals surface area contributed by atoms with Gasteiger partial charge in [0.05, 0.1) is 0 Å². The van der Waals surface area contributed by atoms with Gasteiger partial charge < -0.3 is 0 Å². The summed E-state index contributed by atoms with van der Waals surface area (Å²) in [6.07, 6.45) is 10.6. The summed E-state index contributed by atoms with van der Waals surface area (Å²) >= 11 is 0. The van der Waals surface area contributed by atoms with Gasteiger partial charge in [-0.25, -0.2) is 0 Å². The molecule has 0 saturated carbocycles. The lowest BCUT2D eigenvalue weighted by Crippen LogP contribution is -1.86. The summed E-state index contributed by atoms with van der Waals surface area (Å²) in [6, 6.07) is 0. The van der Waals surface area contributed by atoms with Gasteiger partial charge in [-0.15, -0.1) is 0 Å². The monoisotopic (exact) mass is 234 g/mol. The van der Waals surface area contributed by atoms with E-state index in [9.17, 15) is 4.79 Å². The molecule has 0 radical (unpaired) electrons. The Morgan fingerprint density at radius 2 is 1.35 bits per heavy atom. The first-order chi connectivity index (χ1) is 7.91. The highest BCUT2D eigenvalue weighted by molar-refractivity contribution is 5.87. The van der Waals surface area contributed by atoms with Crippen LogP contribution >= 0.6 is 0 Å². The lowest BCUT2D eigenvalue weighted by Gasteiger charge is -2.00. The average Bonchev–Trinajstić information content (AvgIpc) is 2.15. The molecule has 96 valence electrons. The van der Waals surface area contributed by atoms with Gasteiger partial charge in [-0.1, -0.05) is 28.9 Å². The molecule has 0 aliphatic carbocycles. The average molecular weight is 234 g/mol. The van der Waals surface area contributed by atoms with Crippen molar-refractivity contribution >= 4 is 5.78 Å². The van der Waals surface area contributed by atoms with Crippen LogP contribution in [-0.2, 0) is 4.79 Å².